The third-order valence-corrected chi connectivity index (χ3v) is 1.65. The Kier molecular flexibility index (Phi) is 5.36. The van der Waals surface area contributed by atoms with Crippen molar-refractivity contribution in [3.05, 3.63) is 0 Å². The first-order chi connectivity index (χ1) is 5.54. The van der Waals surface area contributed by atoms with Crippen LogP contribution in [0.3, 0.4) is 0 Å². The highest BCUT2D eigenvalue weighted by Gasteiger charge is 2.21. The number of rotatable bonds is 0. The summed E-state index contributed by atoms with van der Waals surface area (Å²) < 4.78 is 12.3. The molecule has 4 nitrogen and oxygen atoms in total. The molecule has 0 saturated heterocycles. The van der Waals surface area contributed by atoms with Crippen molar-refractivity contribution in [2.24, 2.45) is 0 Å². The maximum absolute atomic E-state index is 12.3. The molecule has 0 heterocycles. The average molecular weight is 180 g/mol. The number of carboxylic acid groups (broad SMARTS) is 2. The van der Waals surface area contributed by atoms with Crippen LogP contribution < -0.4 is 0 Å². The van der Waals surface area contributed by atoms with Gasteiger partial charge in [0.2, 0.25) is 0 Å². The number of halogens is 1. The fraction of sp³-hybridized carbons (Fsp3) is 0.857. The third kappa shape index (κ3) is 5.91. The number of hydrogen-bond donors (Lipinski definition) is 3. The molecule has 1 saturated carbocycles. The van der Waals surface area contributed by atoms with Crippen LogP contribution in [0.2, 0.25) is 0 Å². The summed E-state index contributed by atoms with van der Waals surface area (Å²) in [5.41, 5.74) is 0. The first kappa shape index (κ1) is 11.2. The molecule has 12 heavy (non-hydrogen) atoms. The molecule has 72 valence electrons. The highest BCUT2D eigenvalue weighted by molar-refractivity contribution is 5.53. The molecule has 0 aromatic rings. The van der Waals surface area contributed by atoms with E-state index in [2.05, 4.69) is 0 Å². The molecule has 2 atom stereocenters. The fourth-order valence-corrected chi connectivity index (χ4v) is 1.07. The zero-order chi connectivity index (χ0) is 9.56. The quantitative estimate of drug-likeness (QED) is 0.527. The summed E-state index contributed by atoms with van der Waals surface area (Å²) >= 11 is 0. The van der Waals surface area contributed by atoms with E-state index in [-0.39, 0.29) is 0 Å². The van der Waals surface area contributed by atoms with E-state index in [0.29, 0.717) is 12.8 Å². The Balaban J connectivity index is 0.000000261. The Bertz CT molecular complexity index is 125. The first-order valence-corrected chi connectivity index (χ1v) is 3.78. The van der Waals surface area contributed by atoms with Gasteiger partial charge in [-0.05, 0) is 12.8 Å². The van der Waals surface area contributed by atoms with Gasteiger partial charge in [0, 0.05) is 0 Å². The minimum Gasteiger partial charge on any atom is -0.450 e. The summed E-state index contributed by atoms with van der Waals surface area (Å²) in [5.74, 6) is 0. The van der Waals surface area contributed by atoms with Crippen molar-refractivity contribution in [2.75, 3.05) is 0 Å². The lowest BCUT2D eigenvalue weighted by molar-refractivity contribution is 0.0442. The predicted molar refractivity (Wildman–Crippen MR) is 40.0 cm³/mol. The van der Waals surface area contributed by atoms with E-state index in [1.165, 1.54) is 0 Å². The van der Waals surface area contributed by atoms with E-state index in [4.69, 9.17) is 20.1 Å². The second-order valence-corrected chi connectivity index (χ2v) is 2.65. The van der Waals surface area contributed by atoms with Crippen LogP contribution in [0, 0.1) is 0 Å². The van der Waals surface area contributed by atoms with Gasteiger partial charge in [0.15, 0.2) is 0 Å². The molecule has 1 aliphatic rings. The Hall–Kier alpha value is -0.840. The van der Waals surface area contributed by atoms with E-state index >= 15 is 0 Å². The van der Waals surface area contributed by atoms with Gasteiger partial charge in [-0.3, -0.25) is 0 Å². The SMILES string of the molecule is O=C(O)O.O[C@H]1CCCC[C@@H]1F. The lowest BCUT2D eigenvalue weighted by atomic mass is 9.96. The number of carbonyl (C=O) groups is 1. The van der Waals surface area contributed by atoms with Crippen molar-refractivity contribution in [1.29, 1.82) is 0 Å². The molecule has 3 N–H and O–H groups in total. The molecule has 1 aliphatic carbocycles. The fourth-order valence-electron chi connectivity index (χ4n) is 1.07. The highest BCUT2D eigenvalue weighted by Crippen LogP contribution is 2.20. The van der Waals surface area contributed by atoms with Crippen LogP contribution in [0.25, 0.3) is 0 Å². The summed E-state index contributed by atoms with van der Waals surface area (Å²) in [6.07, 6.45) is -0.296. The molecule has 0 radical (unpaired) electrons. The molecule has 0 aromatic heterocycles. The van der Waals surface area contributed by atoms with Gasteiger partial charge in [0.05, 0.1) is 6.10 Å². The number of alkyl halides is 1. The zero-order valence-corrected chi connectivity index (χ0v) is 6.61. The second kappa shape index (κ2) is 5.77. The lowest BCUT2D eigenvalue weighted by Crippen LogP contribution is -2.25. The molecule has 5 heteroatoms. The second-order valence-electron chi connectivity index (χ2n) is 2.65. The molecule has 0 aliphatic heterocycles. The topological polar surface area (TPSA) is 77.8 Å². The van der Waals surface area contributed by atoms with Gasteiger partial charge in [-0.15, -0.1) is 0 Å². The van der Waals surface area contributed by atoms with Gasteiger partial charge in [-0.25, -0.2) is 9.18 Å². The maximum atomic E-state index is 12.3. The number of hydrogen-bond acceptors (Lipinski definition) is 2. The average Bonchev–Trinajstić information content (AvgIpc) is 1.94. The van der Waals surface area contributed by atoms with Crippen LogP contribution in [0.1, 0.15) is 25.7 Å². The van der Waals surface area contributed by atoms with Crippen LogP contribution in [0.5, 0.6) is 0 Å². The molecule has 1 rings (SSSR count). The number of aliphatic hydroxyl groups is 1. The standard InChI is InChI=1S/C6H11FO.CH2O3/c7-5-3-1-2-4-6(5)8;2-1(3)4/h5-6,8H,1-4H2;(H2,2,3,4)/t5-,6-;/m0./s1. The van der Waals surface area contributed by atoms with E-state index in [9.17, 15) is 4.39 Å². The highest BCUT2D eigenvalue weighted by atomic mass is 19.1. The molecule has 0 spiro atoms. The van der Waals surface area contributed by atoms with E-state index < -0.39 is 18.4 Å². The smallest absolute Gasteiger partial charge is 0.450 e. The van der Waals surface area contributed by atoms with Crippen molar-refractivity contribution >= 4 is 6.16 Å². The molecule has 0 unspecified atom stereocenters. The van der Waals surface area contributed by atoms with E-state index in [0.717, 1.165) is 12.8 Å². The zero-order valence-electron chi connectivity index (χ0n) is 6.61. The van der Waals surface area contributed by atoms with Crippen molar-refractivity contribution in [3.8, 4) is 0 Å². The normalized spacial score (nSPS) is 28.5. The Morgan fingerprint density at radius 2 is 1.67 bits per heavy atom. The maximum Gasteiger partial charge on any atom is 0.503 e. The summed E-state index contributed by atoms with van der Waals surface area (Å²) in [7, 11) is 0. The first-order valence-electron chi connectivity index (χ1n) is 3.78. The third-order valence-electron chi connectivity index (χ3n) is 1.65. The van der Waals surface area contributed by atoms with Crippen LogP contribution in [0.15, 0.2) is 0 Å². The molecule has 1 fully saturated rings. The molecule has 0 bridgehead atoms. The molecular weight excluding hydrogens is 167 g/mol. The Labute approximate surface area is 69.6 Å². The minimum absolute atomic E-state index is 0.557. The van der Waals surface area contributed by atoms with Crippen molar-refractivity contribution < 1.29 is 24.5 Å². The number of aliphatic hydroxyl groups excluding tert-OH is 1. The summed E-state index contributed by atoms with van der Waals surface area (Å²) in [5, 5.41) is 22.7. The Morgan fingerprint density at radius 3 is 1.92 bits per heavy atom. The van der Waals surface area contributed by atoms with Crippen LogP contribution in [0.4, 0.5) is 9.18 Å². The van der Waals surface area contributed by atoms with Crippen molar-refractivity contribution in [3.63, 3.8) is 0 Å². The summed E-state index contributed by atoms with van der Waals surface area (Å²) in [6, 6.07) is 0. The lowest BCUT2D eigenvalue weighted by Gasteiger charge is -2.20. The minimum atomic E-state index is -1.83. The van der Waals surface area contributed by atoms with E-state index in [1.807, 2.05) is 0 Å². The monoisotopic (exact) mass is 180 g/mol. The Morgan fingerprint density at radius 1 is 1.25 bits per heavy atom. The van der Waals surface area contributed by atoms with Gasteiger partial charge in [-0.1, -0.05) is 12.8 Å². The van der Waals surface area contributed by atoms with Crippen LogP contribution in [-0.2, 0) is 0 Å². The predicted octanol–water partition coefficient (Wildman–Crippen LogP) is 1.48. The van der Waals surface area contributed by atoms with Gasteiger partial charge in [0.25, 0.3) is 0 Å². The molecule has 0 amide bonds. The molecular formula is C7H13FO4. The largest absolute Gasteiger partial charge is 0.503 e. The van der Waals surface area contributed by atoms with E-state index in [1.54, 1.807) is 0 Å². The summed E-state index contributed by atoms with van der Waals surface area (Å²) in [4.78, 5) is 8.56. The van der Waals surface area contributed by atoms with Gasteiger partial charge >= 0.3 is 6.16 Å². The van der Waals surface area contributed by atoms with Crippen molar-refractivity contribution in [2.45, 2.75) is 38.0 Å². The van der Waals surface area contributed by atoms with Crippen molar-refractivity contribution in [1.82, 2.24) is 0 Å². The van der Waals surface area contributed by atoms with Crippen LogP contribution in [-0.4, -0.2) is 33.8 Å². The summed E-state index contributed by atoms with van der Waals surface area (Å²) in [6.45, 7) is 0. The van der Waals surface area contributed by atoms with Gasteiger partial charge < -0.3 is 15.3 Å². The van der Waals surface area contributed by atoms with Gasteiger partial charge in [0.1, 0.15) is 6.17 Å². The van der Waals surface area contributed by atoms with Crippen LogP contribution >= 0.6 is 0 Å². The molecule has 0 aromatic carbocycles. The van der Waals surface area contributed by atoms with Gasteiger partial charge in [-0.2, -0.15) is 0 Å².